The Labute approximate surface area is 146 Å². The highest BCUT2D eigenvalue weighted by Gasteiger charge is 2.13. The molecule has 1 atom stereocenters. The van der Waals surface area contributed by atoms with E-state index < -0.39 is 0 Å². The van der Waals surface area contributed by atoms with Crippen molar-refractivity contribution in [3.05, 3.63) is 78.5 Å². The molecule has 6 heteroatoms. The Hall–Kier alpha value is -3.15. The zero-order valence-electron chi connectivity index (χ0n) is 14.0. The third-order valence-corrected chi connectivity index (χ3v) is 3.85. The Bertz CT molecular complexity index is 803. The molecular formula is C19H20N4O2. The monoisotopic (exact) mass is 336 g/mol. The normalized spacial score (nSPS) is 11.7. The molecule has 0 radical (unpaired) electrons. The van der Waals surface area contributed by atoms with Crippen molar-refractivity contribution in [3.63, 3.8) is 0 Å². The maximum Gasteiger partial charge on any atom is 0.243 e. The summed E-state index contributed by atoms with van der Waals surface area (Å²) in [5.41, 5.74) is 2.02. The summed E-state index contributed by atoms with van der Waals surface area (Å²) in [6, 6.07) is 13.3. The maximum absolute atomic E-state index is 12.2. The molecule has 1 N–H and O–H groups in total. The minimum absolute atomic E-state index is 0.0680. The van der Waals surface area contributed by atoms with Crippen LogP contribution in [0.3, 0.4) is 0 Å². The molecule has 25 heavy (non-hydrogen) atoms. The quantitative estimate of drug-likeness (QED) is 0.720. The summed E-state index contributed by atoms with van der Waals surface area (Å²) in [6.07, 6.45) is 6.74. The molecule has 0 fully saturated rings. The van der Waals surface area contributed by atoms with Gasteiger partial charge in [-0.2, -0.15) is 0 Å². The molecule has 1 aromatic carbocycles. The van der Waals surface area contributed by atoms with Crippen LogP contribution in [0.4, 0.5) is 0 Å². The molecule has 6 nitrogen and oxygen atoms in total. The van der Waals surface area contributed by atoms with E-state index in [0.29, 0.717) is 19.0 Å². The lowest BCUT2D eigenvalue weighted by atomic mass is 10.2. The number of hydrogen-bond donors (Lipinski definition) is 1. The van der Waals surface area contributed by atoms with Crippen LogP contribution in [0, 0.1) is 0 Å². The van der Waals surface area contributed by atoms with E-state index in [1.165, 1.54) is 0 Å². The summed E-state index contributed by atoms with van der Waals surface area (Å²) in [5, 5.41) is 2.92. The van der Waals surface area contributed by atoms with Crippen LogP contribution in [0.25, 0.3) is 0 Å². The zero-order chi connectivity index (χ0) is 17.5. The SMILES string of the molecule is C[C@H](C(=O)NCc1ccnc(OCc2ccccc2)c1)n1ccnc1. The van der Waals surface area contributed by atoms with E-state index in [9.17, 15) is 4.79 Å². The first-order valence-corrected chi connectivity index (χ1v) is 8.09. The van der Waals surface area contributed by atoms with E-state index in [0.717, 1.165) is 11.1 Å². The standard InChI is InChI=1S/C19H20N4O2/c1-15(23-10-9-20-14-23)19(24)22-12-17-7-8-21-18(11-17)25-13-16-5-3-2-4-6-16/h2-11,14-15H,12-13H2,1H3,(H,22,24)/t15-/m1/s1. The number of carbonyl (C=O) groups is 1. The van der Waals surface area contributed by atoms with Crippen LogP contribution in [0.15, 0.2) is 67.4 Å². The van der Waals surface area contributed by atoms with Crippen molar-refractivity contribution in [1.82, 2.24) is 19.9 Å². The second-order valence-corrected chi connectivity index (χ2v) is 5.68. The Morgan fingerprint density at radius 2 is 2.04 bits per heavy atom. The van der Waals surface area contributed by atoms with Gasteiger partial charge in [0, 0.05) is 31.2 Å². The molecule has 2 heterocycles. The first-order chi connectivity index (χ1) is 12.2. The molecule has 3 aromatic rings. The van der Waals surface area contributed by atoms with Gasteiger partial charge in [0.05, 0.1) is 6.33 Å². The van der Waals surface area contributed by atoms with Gasteiger partial charge in [-0.25, -0.2) is 9.97 Å². The van der Waals surface area contributed by atoms with Gasteiger partial charge in [0.15, 0.2) is 0 Å². The van der Waals surface area contributed by atoms with Gasteiger partial charge >= 0.3 is 0 Å². The van der Waals surface area contributed by atoms with Crippen LogP contribution in [0.2, 0.25) is 0 Å². The average Bonchev–Trinajstić information content (AvgIpc) is 3.20. The second kappa shape index (κ2) is 8.10. The number of ether oxygens (including phenoxy) is 1. The van der Waals surface area contributed by atoms with Gasteiger partial charge in [0.25, 0.3) is 0 Å². The number of nitrogens with one attached hydrogen (secondary N) is 1. The summed E-state index contributed by atoms with van der Waals surface area (Å²) < 4.78 is 7.47. The van der Waals surface area contributed by atoms with Gasteiger partial charge in [-0.1, -0.05) is 30.3 Å². The number of amides is 1. The molecule has 0 unspecified atom stereocenters. The summed E-state index contributed by atoms with van der Waals surface area (Å²) in [6.45, 7) is 2.71. The van der Waals surface area contributed by atoms with Gasteiger partial charge < -0.3 is 14.6 Å². The maximum atomic E-state index is 12.2. The van der Waals surface area contributed by atoms with Crippen LogP contribution in [-0.2, 0) is 17.9 Å². The van der Waals surface area contributed by atoms with E-state index >= 15 is 0 Å². The minimum Gasteiger partial charge on any atom is -0.473 e. The molecule has 0 saturated heterocycles. The molecule has 0 saturated carbocycles. The predicted molar refractivity (Wildman–Crippen MR) is 93.8 cm³/mol. The number of pyridine rings is 1. The fourth-order valence-electron chi connectivity index (χ4n) is 2.34. The van der Waals surface area contributed by atoms with Gasteiger partial charge in [-0.15, -0.1) is 0 Å². The van der Waals surface area contributed by atoms with Crippen molar-refractivity contribution in [3.8, 4) is 5.88 Å². The van der Waals surface area contributed by atoms with E-state index in [-0.39, 0.29) is 11.9 Å². The molecule has 3 rings (SSSR count). The fraction of sp³-hybridized carbons (Fsp3) is 0.211. The highest BCUT2D eigenvalue weighted by atomic mass is 16.5. The minimum atomic E-state index is -0.307. The van der Waals surface area contributed by atoms with E-state index in [4.69, 9.17) is 4.74 Å². The van der Waals surface area contributed by atoms with Gasteiger partial charge in [-0.05, 0) is 24.1 Å². The van der Waals surface area contributed by atoms with Gasteiger partial charge in [0.2, 0.25) is 11.8 Å². The summed E-state index contributed by atoms with van der Waals surface area (Å²) in [7, 11) is 0. The molecule has 0 bridgehead atoms. The predicted octanol–water partition coefficient (Wildman–Crippen LogP) is 2.73. The van der Waals surface area contributed by atoms with Crippen LogP contribution in [-0.4, -0.2) is 20.4 Å². The first kappa shape index (κ1) is 16.7. The van der Waals surface area contributed by atoms with Gasteiger partial charge in [-0.3, -0.25) is 4.79 Å². The van der Waals surface area contributed by atoms with Crippen LogP contribution in [0.1, 0.15) is 24.1 Å². The second-order valence-electron chi connectivity index (χ2n) is 5.68. The number of hydrogen-bond acceptors (Lipinski definition) is 4. The van der Waals surface area contributed by atoms with Crippen molar-refractivity contribution < 1.29 is 9.53 Å². The highest BCUT2D eigenvalue weighted by molar-refractivity contribution is 5.79. The van der Waals surface area contributed by atoms with E-state index in [2.05, 4.69) is 15.3 Å². The lowest BCUT2D eigenvalue weighted by Crippen LogP contribution is -2.30. The Morgan fingerprint density at radius 1 is 1.20 bits per heavy atom. The number of carbonyl (C=O) groups excluding carboxylic acids is 1. The zero-order valence-corrected chi connectivity index (χ0v) is 14.0. The molecule has 0 aliphatic carbocycles. The molecule has 128 valence electrons. The van der Waals surface area contributed by atoms with Crippen LogP contribution < -0.4 is 10.1 Å². The number of benzene rings is 1. The Kier molecular flexibility index (Phi) is 5.41. The lowest BCUT2D eigenvalue weighted by Gasteiger charge is -2.13. The van der Waals surface area contributed by atoms with Gasteiger partial charge in [0.1, 0.15) is 12.6 Å². The third-order valence-electron chi connectivity index (χ3n) is 3.85. The summed E-state index contributed by atoms with van der Waals surface area (Å²) >= 11 is 0. The average molecular weight is 336 g/mol. The van der Waals surface area contributed by atoms with Crippen molar-refractivity contribution in [2.45, 2.75) is 26.1 Å². The number of imidazole rings is 1. The molecule has 0 aliphatic rings. The molecule has 0 spiro atoms. The third kappa shape index (κ3) is 4.67. The first-order valence-electron chi connectivity index (χ1n) is 8.09. The number of nitrogens with zero attached hydrogens (tertiary/aromatic N) is 3. The smallest absolute Gasteiger partial charge is 0.243 e. The van der Waals surface area contributed by atoms with Crippen molar-refractivity contribution >= 4 is 5.91 Å². The summed E-state index contributed by atoms with van der Waals surface area (Å²) in [5.74, 6) is 0.472. The number of aromatic nitrogens is 3. The summed E-state index contributed by atoms with van der Waals surface area (Å²) in [4.78, 5) is 20.4. The molecular weight excluding hydrogens is 316 g/mol. The van der Waals surface area contributed by atoms with Crippen molar-refractivity contribution in [1.29, 1.82) is 0 Å². The van der Waals surface area contributed by atoms with E-state index in [1.54, 1.807) is 29.5 Å². The van der Waals surface area contributed by atoms with Crippen LogP contribution in [0.5, 0.6) is 5.88 Å². The van der Waals surface area contributed by atoms with Crippen LogP contribution >= 0.6 is 0 Å². The molecule has 0 aliphatic heterocycles. The topological polar surface area (TPSA) is 69.0 Å². The Balaban J connectivity index is 1.54. The molecule has 1 amide bonds. The van der Waals surface area contributed by atoms with Crippen molar-refractivity contribution in [2.24, 2.45) is 0 Å². The number of rotatable bonds is 7. The largest absolute Gasteiger partial charge is 0.473 e. The molecule has 2 aromatic heterocycles. The van der Waals surface area contributed by atoms with Crippen molar-refractivity contribution in [2.75, 3.05) is 0 Å². The Morgan fingerprint density at radius 3 is 2.80 bits per heavy atom. The highest BCUT2D eigenvalue weighted by Crippen LogP contribution is 2.12. The fourth-order valence-corrected chi connectivity index (χ4v) is 2.34. The lowest BCUT2D eigenvalue weighted by molar-refractivity contribution is -0.124. The van der Waals surface area contributed by atoms with E-state index in [1.807, 2.05) is 49.4 Å².